The molecule has 1 aromatic carbocycles. The lowest BCUT2D eigenvalue weighted by atomic mass is 10.1. The van der Waals surface area contributed by atoms with Gasteiger partial charge in [-0.1, -0.05) is 15.9 Å². The number of anilines is 1. The first-order chi connectivity index (χ1) is 10.3. The van der Waals surface area contributed by atoms with E-state index in [-0.39, 0.29) is 29.9 Å². The third kappa shape index (κ3) is 4.54. The Bertz CT molecular complexity index is 703. The first kappa shape index (κ1) is 17.0. The number of aryl methyl sites for hydroxylation is 1. The highest BCUT2D eigenvalue weighted by Gasteiger charge is 2.32. The van der Waals surface area contributed by atoms with Crippen molar-refractivity contribution in [2.75, 3.05) is 23.4 Å². The highest BCUT2D eigenvalue weighted by atomic mass is 79.9. The van der Waals surface area contributed by atoms with Gasteiger partial charge in [-0.3, -0.25) is 9.59 Å². The SMILES string of the molecule is Cc1cc(NC(=O)CNC(=O)C2CCS(=O)(=O)C2)ccc1Br. The summed E-state index contributed by atoms with van der Waals surface area (Å²) in [4.78, 5) is 23.6. The van der Waals surface area contributed by atoms with Gasteiger partial charge in [-0.2, -0.15) is 0 Å². The molecule has 0 bridgehead atoms. The maximum Gasteiger partial charge on any atom is 0.243 e. The van der Waals surface area contributed by atoms with Gasteiger partial charge in [-0.25, -0.2) is 8.42 Å². The summed E-state index contributed by atoms with van der Waals surface area (Å²) in [5.74, 6) is -1.38. The fourth-order valence-electron chi connectivity index (χ4n) is 2.24. The molecule has 2 N–H and O–H groups in total. The molecule has 120 valence electrons. The van der Waals surface area contributed by atoms with Gasteiger partial charge in [0.25, 0.3) is 0 Å². The molecule has 0 saturated carbocycles. The van der Waals surface area contributed by atoms with Gasteiger partial charge in [-0.05, 0) is 37.1 Å². The summed E-state index contributed by atoms with van der Waals surface area (Å²) < 4.78 is 23.6. The predicted molar refractivity (Wildman–Crippen MR) is 87.3 cm³/mol. The Morgan fingerprint density at radius 2 is 2.09 bits per heavy atom. The van der Waals surface area contributed by atoms with Crippen molar-refractivity contribution in [3.05, 3.63) is 28.2 Å². The van der Waals surface area contributed by atoms with Crippen molar-refractivity contribution in [2.24, 2.45) is 5.92 Å². The lowest BCUT2D eigenvalue weighted by Gasteiger charge is -2.10. The number of sulfone groups is 1. The quantitative estimate of drug-likeness (QED) is 0.811. The number of nitrogens with one attached hydrogen (secondary N) is 2. The van der Waals surface area contributed by atoms with Gasteiger partial charge >= 0.3 is 0 Å². The zero-order valence-electron chi connectivity index (χ0n) is 12.1. The largest absolute Gasteiger partial charge is 0.347 e. The molecule has 1 aliphatic heterocycles. The molecule has 2 rings (SSSR count). The van der Waals surface area contributed by atoms with Gasteiger partial charge in [0.15, 0.2) is 9.84 Å². The van der Waals surface area contributed by atoms with Crippen molar-refractivity contribution in [3.63, 3.8) is 0 Å². The minimum Gasteiger partial charge on any atom is -0.347 e. The van der Waals surface area contributed by atoms with Gasteiger partial charge in [-0.15, -0.1) is 0 Å². The number of hydrogen-bond donors (Lipinski definition) is 2. The maximum atomic E-state index is 11.8. The summed E-state index contributed by atoms with van der Waals surface area (Å²) in [5.41, 5.74) is 1.63. The molecule has 1 saturated heterocycles. The van der Waals surface area contributed by atoms with Crippen LogP contribution in [0.1, 0.15) is 12.0 Å². The summed E-state index contributed by atoms with van der Waals surface area (Å²) in [6.45, 7) is 1.73. The molecule has 0 aromatic heterocycles. The summed E-state index contributed by atoms with van der Waals surface area (Å²) in [6, 6.07) is 5.39. The van der Waals surface area contributed by atoms with E-state index in [1.165, 1.54) is 0 Å². The van der Waals surface area contributed by atoms with E-state index in [0.717, 1.165) is 10.0 Å². The van der Waals surface area contributed by atoms with Crippen LogP contribution in [0.5, 0.6) is 0 Å². The van der Waals surface area contributed by atoms with Crippen LogP contribution in [0.25, 0.3) is 0 Å². The summed E-state index contributed by atoms with van der Waals surface area (Å²) >= 11 is 3.37. The van der Waals surface area contributed by atoms with E-state index in [2.05, 4.69) is 26.6 Å². The average molecular weight is 389 g/mol. The van der Waals surface area contributed by atoms with Crippen LogP contribution >= 0.6 is 15.9 Å². The van der Waals surface area contributed by atoms with Gasteiger partial charge < -0.3 is 10.6 Å². The molecule has 0 radical (unpaired) electrons. The van der Waals surface area contributed by atoms with Gasteiger partial charge in [0.2, 0.25) is 11.8 Å². The first-order valence-corrected chi connectivity index (χ1v) is 9.42. The molecule has 1 aliphatic rings. The third-order valence-electron chi connectivity index (χ3n) is 3.47. The molecule has 1 fully saturated rings. The average Bonchev–Trinajstić information content (AvgIpc) is 2.81. The molecular weight excluding hydrogens is 372 g/mol. The van der Waals surface area contributed by atoms with Gasteiger partial charge in [0.05, 0.1) is 24.0 Å². The Kier molecular flexibility index (Phi) is 5.23. The van der Waals surface area contributed by atoms with Crippen LogP contribution in [0.15, 0.2) is 22.7 Å². The minimum atomic E-state index is -3.10. The second-order valence-corrected chi connectivity index (χ2v) is 8.41. The van der Waals surface area contributed by atoms with E-state index in [1.807, 2.05) is 19.1 Å². The number of benzene rings is 1. The molecule has 1 unspecified atom stereocenters. The van der Waals surface area contributed by atoms with Gasteiger partial charge in [0, 0.05) is 10.2 Å². The van der Waals surface area contributed by atoms with Crippen LogP contribution in [0.4, 0.5) is 5.69 Å². The van der Waals surface area contributed by atoms with Crippen LogP contribution in [0, 0.1) is 12.8 Å². The van der Waals surface area contributed by atoms with E-state index >= 15 is 0 Å². The number of hydrogen-bond acceptors (Lipinski definition) is 4. The number of carbonyl (C=O) groups is 2. The Hall–Kier alpha value is -1.41. The Morgan fingerprint density at radius 1 is 1.36 bits per heavy atom. The Balaban J connectivity index is 1.82. The van der Waals surface area contributed by atoms with Crippen molar-refractivity contribution >= 4 is 43.3 Å². The fourth-order valence-corrected chi connectivity index (χ4v) is 4.23. The van der Waals surface area contributed by atoms with E-state index in [4.69, 9.17) is 0 Å². The van der Waals surface area contributed by atoms with Crippen LogP contribution in [0.3, 0.4) is 0 Å². The van der Waals surface area contributed by atoms with E-state index in [1.54, 1.807) is 6.07 Å². The molecule has 8 heteroatoms. The molecule has 1 atom stereocenters. The minimum absolute atomic E-state index is 0.0372. The number of rotatable bonds is 4. The van der Waals surface area contributed by atoms with Crippen LogP contribution in [0.2, 0.25) is 0 Å². The molecule has 1 aromatic rings. The molecule has 22 heavy (non-hydrogen) atoms. The molecular formula is C14H17BrN2O4S. The Labute approximate surface area is 137 Å². The monoisotopic (exact) mass is 388 g/mol. The fraction of sp³-hybridized carbons (Fsp3) is 0.429. The van der Waals surface area contributed by atoms with Crippen LogP contribution in [-0.2, 0) is 19.4 Å². The van der Waals surface area contributed by atoms with Crippen LogP contribution < -0.4 is 10.6 Å². The first-order valence-electron chi connectivity index (χ1n) is 6.81. The highest BCUT2D eigenvalue weighted by molar-refractivity contribution is 9.10. The number of carbonyl (C=O) groups excluding carboxylic acids is 2. The molecule has 0 aliphatic carbocycles. The molecule has 0 spiro atoms. The van der Waals surface area contributed by atoms with E-state index < -0.39 is 15.8 Å². The molecule has 6 nitrogen and oxygen atoms in total. The van der Waals surface area contributed by atoms with Crippen LogP contribution in [-0.4, -0.2) is 38.3 Å². The second-order valence-electron chi connectivity index (χ2n) is 5.33. The zero-order chi connectivity index (χ0) is 16.3. The highest BCUT2D eigenvalue weighted by Crippen LogP contribution is 2.20. The lowest BCUT2D eigenvalue weighted by Crippen LogP contribution is -2.37. The summed E-state index contributed by atoms with van der Waals surface area (Å²) in [7, 11) is -3.10. The summed E-state index contributed by atoms with van der Waals surface area (Å²) in [6.07, 6.45) is 0.321. The maximum absolute atomic E-state index is 11.8. The topological polar surface area (TPSA) is 92.3 Å². The number of halogens is 1. The van der Waals surface area contributed by atoms with E-state index in [0.29, 0.717) is 12.1 Å². The predicted octanol–water partition coefficient (Wildman–Crippen LogP) is 1.25. The lowest BCUT2D eigenvalue weighted by molar-refractivity contribution is -0.126. The standard InChI is InChI=1S/C14H17BrN2O4S/c1-9-6-11(2-3-12(9)15)17-13(18)7-16-14(19)10-4-5-22(20,21)8-10/h2-3,6,10H,4-5,7-8H2,1H3,(H,16,19)(H,17,18). The van der Waals surface area contributed by atoms with Crippen molar-refractivity contribution in [3.8, 4) is 0 Å². The normalized spacial score (nSPS) is 19.6. The molecule has 1 heterocycles. The van der Waals surface area contributed by atoms with Crippen molar-refractivity contribution in [2.45, 2.75) is 13.3 Å². The summed E-state index contributed by atoms with van der Waals surface area (Å²) in [5, 5.41) is 5.16. The Morgan fingerprint density at radius 3 is 2.68 bits per heavy atom. The smallest absolute Gasteiger partial charge is 0.243 e. The second kappa shape index (κ2) is 6.78. The number of amides is 2. The van der Waals surface area contributed by atoms with Crippen molar-refractivity contribution < 1.29 is 18.0 Å². The third-order valence-corrected chi connectivity index (χ3v) is 6.13. The molecule has 2 amide bonds. The van der Waals surface area contributed by atoms with Crippen molar-refractivity contribution in [1.29, 1.82) is 0 Å². The van der Waals surface area contributed by atoms with Crippen molar-refractivity contribution in [1.82, 2.24) is 5.32 Å². The zero-order valence-corrected chi connectivity index (χ0v) is 14.5. The van der Waals surface area contributed by atoms with E-state index in [9.17, 15) is 18.0 Å². The van der Waals surface area contributed by atoms with Gasteiger partial charge in [0.1, 0.15) is 0 Å².